The monoisotopic (exact) mass is 604 g/mol. The summed E-state index contributed by atoms with van der Waals surface area (Å²) in [5.41, 5.74) is 0. The molecule has 0 bridgehead atoms. The van der Waals surface area contributed by atoms with Crippen molar-refractivity contribution in [2.45, 2.75) is 194 Å². The fourth-order valence-corrected chi connectivity index (χ4v) is 6.32. The molecule has 0 rings (SSSR count). The summed E-state index contributed by atoms with van der Waals surface area (Å²) in [6, 6.07) is 0. The fraction of sp³-hybridized carbons (Fsp3) is 1.00. The molecule has 0 spiro atoms. The highest BCUT2D eigenvalue weighted by Gasteiger charge is 2.19. The lowest BCUT2D eigenvalue weighted by atomic mass is 10.1. The first kappa shape index (κ1) is 41.1. The molecule has 0 saturated carbocycles. The van der Waals surface area contributed by atoms with E-state index in [2.05, 4.69) is 25.7 Å². The Morgan fingerprint density at radius 2 is 0.659 bits per heavy atom. The smallest absolute Gasteiger partial charge is 0.303 e. The van der Waals surface area contributed by atoms with Crippen LogP contribution in [0.15, 0.2) is 0 Å². The molecule has 1 N–H and O–H groups in total. The summed E-state index contributed by atoms with van der Waals surface area (Å²) < 4.78 is 22.2. The molecule has 0 saturated heterocycles. The number of nitrogens with zero attached hydrogens (tertiary/aromatic N) is 1. The van der Waals surface area contributed by atoms with Crippen LogP contribution in [0.2, 0.25) is 0 Å². The Labute approximate surface area is 257 Å². The van der Waals surface area contributed by atoms with Gasteiger partial charge in [0.15, 0.2) is 0 Å². The van der Waals surface area contributed by atoms with Gasteiger partial charge in [-0.25, -0.2) is 4.57 Å². The molecule has 5 nitrogen and oxygen atoms in total. The van der Waals surface area contributed by atoms with Crippen LogP contribution in [0.5, 0.6) is 0 Å². The van der Waals surface area contributed by atoms with Gasteiger partial charge in [-0.3, -0.25) is 9.05 Å². The van der Waals surface area contributed by atoms with Crippen LogP contribution in [0, 0.1) is 0 Å². The van der Waals surface area contributed by atoms with Gasteiger partial charge in [0.05, 0.1) is 13.2 Å². The third kappa shape index (κ3) is 32.8. The first-order valence-corrected chi connectivity index (χ1v) is 19.9. The minimum atomic E-state index is -3.87. The SMILES string of the molecule is CCCCCCCCCCN(CCCCCCCCCC)CCCCCCCCOP(=O)(O)OCCCCCCC. The molecule has 0 amide bonds. The average molecular weight is 604 g/mol. The van der Waals surface area contributed by atoms with Crippen molar-refractivity contribution in [1.82, 2.24) is 4.90 Å². The van der Waals surface area contributed by atoms with Crippen LogP contribution in [0.3, 0.4) is 0 Å². The Bertz CT molecular complexity index is 528. The molecule has 0 aromatic carbocycles. The van der Waals surface area contributed by atoms with E-state index in [-0.39, 0.29) is 0 Å². The number of phosphoric acid groups is 1. The Morgan fingerprint density at radius 1 is 0.415 bits per heavy atom. The molecule has 6 heteroatoms. The lowest BCUT2D eigenvalue weighted by molar-refractivity contribution is 0.145. The highest BCUT2D eigenvalue weighted by atomic mass is 31.2. The molecule has 0 radical (unpaired) electrons. The van der Waals surface area contributed by atoms with Crippen LogP contribution in [0.25, 0.3) is 0 Å². The maximum absolute atomic E-state index is 12.0. The van der Waals surface area contributed by atoms with E-state index in [4.69, 9.17) is 9.05 Å². The summed E-state index contributed by atoms with van der Waals surface area (Å²) in [6.07, 6.45) is 34.7. The van der Waals surface area contributed by atoms with Crippen LogP contribution in [-0.2, 0) is 13.6 Å². The van der Waals surface area contributed by atoms with Crippen LogP contribution in [0.1, 0.15) is 194 Å². The van der Waals surface area contributed by atoms with Gasteiger partial charge in [0, 0.05) is 0 Å². The zero-order valence-corrected chi connectivity index (χ0v) is 29.1. The summed E-state index contributed by atoms with van der Waals surface area (Å²) in [7, 11) is -3.87. The molecule has 1 unspecified atom stereocenters. The lowest BCUT2D eigenvalue weighted by Gasteiger charge is -2.22. The highest BCUT2D eigenvalue weighted by molar-refractivity contribution is 7.47. The molecule has 0 aliphatic rings. The van der Waals surface area contributed by atoms with E-state index in [0.29, 0.717) is 13.2 Å². The van der Waals surface area contributed by atoms with Crippen molar-refractivity contribution in [3.63, 3.8) is 0 Å². The van der Waals surface area contributed by atoms with Crippen molar-refractivity contribution in [3.8, 4) is 0 Å². The van der Waals surface area contributed by atoms with E-state index in [0.717, 1.165) is 32.1 Å². The molecular formula is C35H74NO4P. The Kier molecular flexibility index (Phi) is 33.0. The van der Waals surface area contributed by atoms with Crippen molar-refractivity contribution >= 4 is 7.82 Å². The number of phosphoric ester groups is 1. The predicted octanol–water partition coefficient (Wildman–Crippen LogP) is 12.0. The van der Waals surface area contributed by atoms with E-state index in [1.807, 2.05) is 0 Å². The second-order valence-electron chi connectivity index (χ2n) is 12.5. The molecule has 41 heavy (non-hydrogen) atoms. The topological polar surface area (TPSA) is 59.0 Å². The molecule has 0 fully saturated rings. The summed E-state index contributed by atoms with van der Waals surface area (Å²) in [5, 5.41) is 0. The molecule has 0 aliphatic carbocycles. The summed E-state index contributed by atoms with van der Waals surface area (Å²) in [6.45, 7) is 11.2. The number of hydrogen-bond donors (Lipinski definition) is 1. The van der Waals surface area contributed by atoms with Gasteiger partial charge < -0.3 is 9.79 Å². The molecule has 0 aromatic heterocycles. The van der Waals surface area contributed by atoms with Gasteiger partial charge in [-0.05, 0) is 51.7 Å². The number of unbranched alkanes of at least 4 members (excludes halogenated alkanes) is 23. The van der Waals surface area contributed by atoms with Crippen molar-refractivity contribution in [1.29, 1.82) is 0 Å². The molecule has 0 aliphatic heterocycles. The second-order valence-corrected chi connectivity index (χ2v) is 13.9. The predicted molar refractivity (Wildman–Crippen MR) is 180 cm³/mol. The third-order valence-electron chi connectivity index (χ3n) is 8.28. The Balaban J connectivity index is 3.93. The minimum absolute atomic E-state index is 0.312. The van der Waals surface area contributed by atoms with E-state index in [1.165, 1.54) is 161 Å². The standard InChI is InChI=1S/C35H74NO4P/c1-4-7-10-13-15-17-21-26-31-36(32-27-22-18-16-14-11-8-5-2)33-28-23-19-20-25-30-35-40-41(37,38)39-34-29-24-12-9-6-3/h4-35H2,1-3H3,(H,37,38). The van der Waals surface area contributed by atoms with Gasteiger partial charge in [0.2, 0.25) is 0 Å². The van der Waals surface area contributed by atoms with Gasteiger partial charge >= 0.3 is 7.82 Å². The number of hydrogen-bond acceptors (Lipinski definition) is 4. The van der Waals surface area contributed by atoms with Gasteiger partial charge in [-0.2, -0.15) is 0 Å². The molecule has 0 heterocycles. The number of rotatable bonds is 35. The van der Waals surface area contributed by atoms with Crippen molar-refractivity contribution in [2.75, 3.05) is 32.8 Å². The van der Waals surface area contributed by atoms with Gasteiger partial charge in [0.25, 0.3) is 0 Å². The molecule has 0 aromatic rings. The Morgan fingerprint density at radius 3 is 0.951 bits per heavy atom. The zero-order valence-electron chi connectivity index (χ0n) is 28.2. The maximum Gasteiger partial charge on any atom is 0.472 e. The second kappa shape index (κ2) is 33.0. The molecule has 1 atom stereocenters. The fourth-order valence-electron chi connectivity index (χ4n) is 5.52. The van der Waals surface area contributed by atoms with Crippen LogP contribution in [0.4, 0.5) is 0 Å². The molecule has 248 valence electrons. The van der Waals surface area contributed by atoms with E-state index >= 15 is 0 Å². The van der Waals surface area contributed by atoms with Gasteiger partial charge in [-0.15, -0.1) is 0 Å². The first-order chi connectivity index (χ1) is 20.1. The van der Waals surface area contributed by atoms with Gasteiger partial charge in [0.1, 0.15) is 0 Å². The lowest BCUT2D eigenvalue weighted by Crippen LogP contribution is -2.27. The van der Waals surface area contributed by atoms with E-state index in [1.54, 1.807) is 0 Å². The van der Waals surface area contributed by atoms with Crippen LogP contribution >= 0.6 is 7.82 Å². The normalized spacial score (nSPS) is 13.3. The van der Waals surface area contributed by atoms with Gasteiger partial charge in [-0.1, -0.05) is 162 Å². The summed E-state index contributed by atoms with van der Waals surface area (Å²) in [5.74, 6) is 0. The summed E-state index contributed by atoms with van der Waals surface area (Å²) >= 11 is 0. The zero-order chi connectivity index (χ0) is 30.1. The van der Waals surface area contributed by atoms with E-state index < -0.39 is 7.82 Å². The first-order valence-electron chi connectivity index (χ1n) is 18.4. The van der Waals surface area contributed by atoms with Crippen LogP contribution < -0.4 is 0 Å². The Hall–Kier alpha value is 0.0700. The van der Waals surface area contributed by atoms with Crippen LogP contribution in [-0.4, -0.2) is 42.6 Å². The largest absolute Gasteiger partial charge is 0.472 e. The quantitative estimate of drug-likeness (QED) is 0.0577. The molecular weight excluding hydrogens is 529 g/mol. The third-order valence-corrected chi connectivity index (χ3v) is 9.30. The minimum Gasteiger partial charge on any atom is -0.303 e. The average Bonchev–Trinajstić information content (AvgIpc) is 2.96. The van der Waals surface area contributed by atoms with Crippen molar-refractivity contribution in [2.24, 2.45) is 0 Å². The highest BCUT2D eigenvalue weighted by Crippen LogP contribution is 2.43. The van der Waals surface area contributed by atoms with Crippen molar-refractivity contribution in [3.05, 3.63) is 0 Å². The van der Waals surface area contributed by atoms with E-state index in [9.17, 15) is 9.46 Å². The summed E-state index contributed by atoms with van der Waals surface area (Å²) in [4.78, 5) is 12.6. The van der Waals surface area contributed by atoms with Crippen molar-refractivity contribution < 1.29 is 18.5 Å². The maximum atomic E-state index is 12.0.